The molecule has 0 atom stereocenters. The first-order valence-electron chi connectivity index (χ1n) is 9.61. The Hall–Kier alpha value is -3.19. The van der Waals surface area contributed by atoms with Crippen molar-refractivity contribution >= 4 is 21.6 Å². The maximum Gasteiger partial charge on any atom is 0.264 e. The lowest BCUT2D eigenvalue weighted by atomic mass is 10.1. The van der Waals surface area contributed by atoms with Gasteiger partial charge in [-0.05, 0) is 54.8 Å². The van der Waals surface area contributed by atoms with Gasteiger partial charge in [-0.2, -0.15) is 0 Å². The molecule has 3 rings (SSSR count). The molecule has 3 aromatic rings. The number of hydrogen-bond acceptors (Lipinski definition) is 3. The number of amides is 1. The number of para-hydroxylation sites is 1. The monoisotopic (exact) mass is 426 g/mol. The summed E-state index contributed by atoms with van der Waals surface area (Å²) in [5.74, 6) is -0.676. The van der Waals surface area contributed by atoms with Crippen LogP contribution in [0.4, 0.5) is 10.1 Å². The van der Waals surface area contributed by atoms with E-state index in [0.29, 0.717) is 25.1 Å². The lowest BCUT2D eigenvalue weighted by Gasteiger charge is -2.24. The Balaban J connectivity index is 1.64. The number of nitrogens with zero attached hydrogens (tertiary/aromatic N) is 1. The van der Waals surface area contributed by atoms with Crippen LogP contribution in [0.15, 0.2) is 89.8 Å². The fourth-order valence-electron chi connectivity index (χ4n) is 2.99. The van der Waals surface area contributed by atoms with E-state index in [1.165, 1.54) is 24.3 Å². The Morgan fingerprint density at radius 1 is 0.867 bits per heavy atom. The second kappa shape index (κ2) is 10.0. The highest BCUT2D eigenvalue weighted by atomic mass is 32.2. The summed E-state index contributed by atoms with van der Waals surface area (Å²) in [7, 11) is -3.89. The van der Waals surface area contributed by atoms with Crippen molar-refractivity contribution in [2.24, 2.45) is 0 Å². The van der Waals surface area contributed by atoms with Gasteiger partial charge in [0.25, 0.3) is 10.0 Å². The van der Waals surface area contributed by atoms with Crippen molar-refractivity contribution in [2.75, 3.05) is 17.4 Å². The average Bonchev–Trinajstić information content (AvgIpc) is 2.77. The molecule has 0 spiro atoms. The predicted molar refractivity (Wildman–Crippen MR) is 115 cm³/mol. The Morgan fingerprint density at radius 3 is 2.10 bits per heavy atom. The molecule has 0 aliphatic carbocycles. The van der Waals surface area contributed by atoms with Crippen LogP contribution in [0, 0.1) is 5.82 Å². The number of carbonyl (C=O) groups excluding carboxylic acids is 1. The van der Waals surface area contributed by atoms with Gasteiger partial charge in [-0.1, -0.05) is 48.5 Å². The molecular formula is C23H23FN2O3S. The smallest absolute Gasteiger partial charge is 0.264 e. The van der Waals surface area contributed by atoms with Crippen LogP contribution in [0.5, 0.6) is 0 Å². The van der Waals surface area contributed by atoms with Crippen molar-refractivity contribution in [3.05, 3.63) is 96.3 Å². The third-order valence-corrected chi connectivity index (χ3v) is 6.33. The van der Waals surface area contributed by atoms with Gasteiger partial charge in [0.05, 0.1) is 10.6 Å². The predicted octanol–water partition coefficient (Wildman–Crippen LogP) is 3.77. The second-order valence-electron chi connectivity index (χ2n) is 6.74. The Kier molecular flexibility index (Phi) is 7.19. The first-order valence-corrected chi connectivity index (χ1v) is 11.0. The second-order valence-corrected chi connectivity index (χ2v) is 8.60. The van der Waals surface area contributed by atoms with Crippen molar-refractivity contribution in [2.45, 2.75) is 17.7 Å². The summed E-state index contributed by atoms with van der Waals surface area (Å²) in [6, 6.07) is 22.8. The molecule has 30 heavy (non-hydrogen) atoms. The minimum absolute atomic E-state index is 0.123. The fourth-order valence-corrected chi connectivity index (χ4v) is 4.43. The molecule has 0 fully saturated rings. The highest BCUT2D eigenvalue weighted by Gasteiger charge is 2.26. The minimum atomic E-state index is -3.89. The quantitative estimate of drug-likeness (QED) is 0.530. The third kappa shape index (κ3) is 5.67. The Labute approximate surface area is 176 Å². The van der Waals surface area contributed by atoms with Crippen LogP contribution >= 0.6 is 0 Å². The third-order valence-electron chi connectivity index (χ3n) is 4.54. The molecule has 0 aliphatic rings. The van der Waals surface area contributed by atoms with Crippen LogP contribution in [0.25, 0.3) is 0 Å². The van der Waals surface area contributed by atoms with E-state index < -0.39 is 15.9 Å². The molecule has 156 valence electrons. The summed E-state index contributed by atoms with van der Waals surface area (Å²) in [6.07, 6.45) is 1.35. The topological polar surface area (TPSA) is 66.5 Å². The SMILES string of the molecule is O=C(CN(c1ccccc1)S(=O)(=O)c1ccccc1)NCCCc1ccc(F)cc1. The summed E-state index contributed by atoms with van der Waals surface area (Å²) < 4.78 is 40.3. The van der Waals surface area contributed by atoms with Gasteiger partial charge in [0, 0.05) is 6.54 Å². The van der Waals surface area contributed by atoms with Gasteiger partial charge < -0.3 is 5.32 Å². The molecule has 3 aromatic carbocycles. The van der Waals surface area contributed by atoms with Gasteiger partial charge in [-0.3, -0.25) is 9.10 Å². The number of rotatable bonds is 9. The summed E-state index contributed by atoms with van der Waals surface area (Å²) in [4.78, 5) is 12.6. The zero-order valence-corrected chi connectivity index (χ0v) is 17.2. The van der Waals surface area contributed by atoms with Gasteiger partial charge in [0.15, 0.2) is 0 Å². The molecule has 0 bridgehead atoms. The normalized spacial score (nSPS) is 11.1. The molecule has 1 amide bonds. The van der Waals surface area contributed by atoms with Crippen molar-refractivity contribution in [3.63, 3.8) is 0 Å². The number of anilines is 1. The number of nitrogens with one attached hydrogen (secondary N) is 1. The van der Waals surface area contributed by atoms with Crippen molar-refractivity contribution in [1.82, 2.24) is 5.32 Å². The first kappa shape index (κ1) is 21.5. The van der Waals surface area contributed by atoms with E-state index in [9.17, 15) is 17.6 Å². The highest BCUT2D eigenvalue weighted by Crippen LogP contribution is 2.23. The molecular weight excluding hydrogens is 403 g/mol. The van der Waals surface area contributed by atoms with Crippen LogP contribution in [0.2, 0.25) is 0 Å². The Morgan fingerprint density at radius 2 is 1.47 bits per heavy atom. The van der Waals surface area contributed by atoms with Crippen LogP contribution in [-0.2, 0) is 21.2 Å². The van der Waals surface area contributed by atoms with Crippen LogP contribution in [-0.4, -0.2) is 27.4 Å². The number of sulfonamides is 1. The lowest BCUT2D eigenvalue weighted by molar-refractivity contribution is -0.119. The van der Waals surface area contributed by atoms with Crippen molar-refractivity contribution in [1.29, 1.82) is 0 Å². The van der Waals surface area contributed by atoms with Crippen molar-refractivity contribution in [3.8, 4) is 0 Å². The van der Waals surface area contributed by atoms with Gasteiger partial charge in [0.2, 0.25) is 5.91 Å². The van der Waals surface area contributed by atoms with Crippen LogP contribution in [0.3, 0.4) is 0 Å². The maximum atomic E-state index is 13.1. The lowest BCUT2D eigenvalue weighted by Crippen LogP contribution is -2.41. The maximum absolute atomic E-state index is 13.1. The number of carbonyl (C=O) groups is 1. The molecule has 0 aliphatic heterocycles. The molecule has 0 unspecified atom stereocenters. The Bertz CT molecular complexity index is 1060. The van der Waals surface area contributed by atoms with Crippen LogP contribution < -0.4 is 9.62 Å². The van der Waals surface area contributed by atoms with E-state index >= 15 is 0 Å². The van der Waals surface area contributed by atoms with Gasteiger partial charge in [0.1, 0.15) is 12.4 Å². The van der Waals surface area contributed by atoms with E-state index in [2.05, 4.69) is 5.32 Å². The van der Waals surface area contributed by atoms with Crippen molar-refractivity contribution < 1.29 is 17.6 Å². The summed E-state index contributed by atoms with van der Waals surface area (Å²) in [5.41, 5.74) is 1.39. The van der Waals surface area contributed by atoms with E-state index in [1.807, 2.05) is 0 Å². The molecule has 0 radical (unpaired) electrons. The minimum Gasteiger partial charge on any atom is -0.355 e. The largest absolute Gasteiger partial charge is 0.355 e. The van der Waals surface area contributed by atoms with E-state index in [-0.39, 0.29) is 17.3 Å². The zero-order valence-electron chi connectivity index (χ0n) is 16.4. The highest BCUT2D eigenvalue weighted by molar-refractivity contribution is 7.92. The van der Waals surface area contributed by atoms with Gasteiger partial charge in [-0.25, -0.2) is 12.8 Å². The number of hydrogen-bond donors (Lipinski definition) is 1. The van der Waals surface area contributed by atoms with E-state index in [4.69, 9.17) is 0 Å². The van der Waals surface area contributed by atoms with E-state index in [0.717, 1.165) is 9.87 Å². The number of aryl methyl sites for hydroxylation is 1. The number of halogens is 1. The summed E-state index contributed by atoms with van der Waals surface area (Å²) in [5, 5.41) is 2.77. The average molecular weight is 427 g/mol. The molecule has 5 nitrogen and oxygen atoms in total. The molecule has 1 N–H and O–H groups in total. The summed E-state index contributed by atoms with van der Waals surface area (Å²) in [6.45, 7) is 0.0714. The van der Waals surface area contributed by atoms with Gasteiger partial charge >= 0.3 is 0 Å². The molecule has 0 saturated carbocycles. The van der Waals surface area contributed by atoms with E-state index in [1.54, 1.807) is 60.7 Å². The first-order chi connectivity index (χ1) is 14.5. The van der Waals surface area contributed by atoms with Crippen LogP contribution in [0.1, 0.15) is 12.0 Å². The molecule has 0 aromatic heterocycles. The number of benzene rings is 3. The van der Waals surface area contributed by atoms with Gasteiger partial charge in [-0.15, -0.1) is 0 Å². The summed E-state index contributed by atoms with van der Waals surface area (Å²) >= 11 is 0. The fraction of sp³-hybridized carbons (Fsp3) is 0.174. The standard InChI is InChI=1S/C23H23FN2O3S/c24-20-15-13-19(14-16-20)8-7-17-25-23(27)18-26(21-9-3-1-4-10-21)30(28,29)22-11-5-2-6-12-22/h1-6,9-16H,7-8,17-18H2,(H,25,27). The molecule has 0 heterocycles. The zero-order chi connectivity index (χ0) is 21.4. The molecule has 0 saturated heterocycles. The molecule has 7 heteroatoms.